The Morgan fingerprint density at radius 2 is 1.50 bits per heavy atom. The Morgan fingerprint density at radius 1 is 1.10 bits per heavy atom. The first-order valence-corrected chi connectivity index (χ1v) is 2.12. The van der Waals surface area contributed by atoms with Crippen LogP contribution >= 0.6 is 0 Å². The van der Waals surface area contributed by atoms with Crippen LogP contribution in [0.1, 0.15) is 0 Å². The minimum Gasteiger partial charge on any atom is -1.00 e. The summed E-state index contributed by atoms with van der Waals surface area (Å²) in [4.78, 5) is 0. The Balaban J connectivity index is 0. The molecule has 0 spiro atoms. The molecule has 0 saturated heterocycles. The van der Waals surface area contributed by atoms with Crippen molar-refractivity contribution in [2.45, 2.75) is 0 Å². The molecule has 0 fully saturated rings. The zero-order valence-electron chi connectivity index (χ0n) is 5.07. The van der Waals surface area contributed by atoms with Crippen molar-refractivity contribution in [3.63, 3.8) is 0 Å². The minimum atomic E-state index is -0.662. The van der Waals surface area contributed by atoms with Crippen LogP contribution in [0.4, 0.5) is 8.78 Å². The van der Waals surface area contributed by atoms with Crippen LogP contribution in [0.3, 0.4) is 0 Å². The Labute approximate surface area is 81.2 Å². The van der Waals surface area contributed by atoms with E-state index in [1.807, 2.05) is 6.07 Å². The molecule has 1 aromatic rings. The van der Waals surface area contributed by atoms with Crippen molar-refractivity contribution in [3.8, 4) is 0 Å². The van der Waals surface area contributed by atoms with Crippen molar-refractivity contribution >= 4 is 0 Å². The molecular weight excluding hydrogens is 255 g/mol. The molecule has 0 aliphatic carbocycles. The van der Waals surface area contributed by atoms with Gasteiger partial charge in [-0.3, -0.25) is 0 Å². The van der Waals surface area contributed by atoms with Crippen molar-refractivity contribution in [2.24, 2.45) is 0 Å². The Morgan fingerprint density at radius 3 is 1.70 bits per heavy atom. The van der Waals surface area contributed by atoms with Gasteiger partial charge >= 0.3 is 0 Å². The van der Waals surface area contributed by atoms with Crippen molar-refractivity contribution < 1.29 is 45.2 Å². The predicted octanol–water partition coefficient (Wildman–Crippen LogP) is -1.23. The maximum absolute atomic E-state index is 11.9. The third-order valence-electron chi connectivity index (χ3n) is 0.724. The molecule has 4 heteroatoms. The van der Waals surface area contributed by atoms with Gasteiger partial charge < -0.3 is 17.0 Å². The molecular formula is C6H3BrF2Zn-. The Hall–Kier alpha value is 0.183. The number of halogens is 3. The maximum Gasteiger partial charge on any atom is 0.134 e. The van der Waals surface area contributed by atoms with E-state index in [2.05, 4.69) is 0 Å². The fraction of sp³-hybridized carbons (Fsp3) is 0. The Bertz CT molecular complexity index is 176. The average Bonchev–Trinajstić information content (AvgIpc) is 1.64. The standard InChI is InChI=1S/C6H3F2.BrH.Zn/c7-5-2-1-3-6(8)4-5;;/h1-3H;1H;/p-1. The summed E-state index contributed by atoms with van der Waals surface area (Å²) in [6.07, 6.45) is 0. The maximum atomic E-state index is 11.9. The summed E-state index contributed by atoms with van der Waals surface area (Å²) in [6.45, 7) is 0. The molecule has 0 atom stereocenters. The van der Waals surface area contributed by atoms with Gasteiger partial charge in [0.25, 0.3) is 0 Å². The van der Waals surface area contributed by atoms with Crippen molar-refractivity contribution in [2.75, 3.05) is 0 Å². The molecule has 1 aromatic carbocycles. The second-order valence-electron chi connectivity index (χ2n) is 1.35. The van der Waals surface area contributed by atoms with E-state index in [1.54, 1.807) is 0 Å². The molecule has 0 N–H and O–H groups in total. The van der Waals surface area contributed by atoms with Crippen LogP contribution in [0.2, 0.25) is 0 Å². The second-order valence-corrected chi connectivity index (χ2v) is 1.35. The molecule has 0 bridgehead atoms. The number of benzene rings is 1. The van der Waals surface area contributed by atoms with Crippen LogP contribution in [0.15, 0.2) is 18.2 Å². The molecule has 0 aliphatic heterocycles. The first-order valence-electron chi connectivity index (χ1n) is 2.12. The zero-order valence-corrected chi connectivity index (χ0v) is 9.63. The summed E-state index contributed by atoms with van der Waals surface area (Å²) < 4.78 is 23.7. The van der Waals surface area contributed by atoms with Crippen LogP contribution in [-0.4, -0.2) is 0 Å². The van der Waals surface area contributed by atoms with Crippen LogP contribution in [-0.2, 0) is 19.5 Å². The molecule has 1 rings (SSSR count). The number of hydrogen-bond acceptors (Lipinski definition) is 0. The van der Waals surface area contributed by atoms with Gasteiger partial charge in [0, 0.05) is 19.5 Å². The smallest absolute Gasteiger partial charge is 0.134 e. The monoisotopic (exact) mass is 256 g/mol. The van der Waals surface area contributed by atoms with Crippen LogP contribution in [0.25, 0.3) is 0 Å². The fourth-order valence-corrected chi connectivity index (χ4v) is 0.414. The van der Waals surface area contributed by atoms with E-state index in [0.717, 1.165) is 12.1 Å². The molecule has 0 aromatic heterocycles. The van der Waals surface area contributed by atoms with E-state index in [9.17, 15) is 8.78 Å². The van der Waals surface area contributed by atoms with Gasteiger partial charge in [-0.2, -0.15) is 0 Å². The third kappa shape index (κ3) is 4.07. The quantitative estimate of drug-likeness (QED) is 0.511. The van der Waals surface area contributed by atoms with Crippen LogP contribution in [0, 0.1) is 17.7 Å². The van der Waals surface area contributed by atoms with Crippen LogP contribution in [0.5, 0.6) is 0 Å². The molecule has 0 heterocycles. The predicted molar refractivity (Wildman–Crippen MR) is 25.2 cm³/mol. The minimum absolute atomic E-state index is 0. The van der Waals surface area contributed by atoms with Gasteiger partial charge in [-0.1, -0.05) is 6.07 Å². The molecule has 0 amide bonds. The van der Waals surface area contributed by atoms with Gasteiger partial charge in [0.15, 0.2) is 0 Å². The fourth-order valence-electron chi connectivity index (χ4n) is 0.414. The Kier molecular flexibility index (Phi) is 7.61. The molecule has 0 nitrogen and oxygen atoms in total. The summed E-state index contributed by atoms with van der Waals surface area (Å²) in [7, 11) is 0. The molecule has 0 aliphatic rings. The van der Waals surface area contributed by atoms with Crippen molar-refractivity contribution in [1.82, 2.24) is 0 Å². The molecule has 0 saturated carbocycles. The van der Waals surface area contributed by atoms with Crippen molar-refractivity contribution in [3.05, 3.63) is 35.9 Å². The van der Waals surface area contributed by atoms with Gasteiger partial charge in [0.1, 0.15) is 11.6 Å². The van der Waals surface area contributed by atoms with E-state index in [-0.39, 0.29) is 36.5 Å². The average molecular weight is 258 g/mol. The van der Waals surface area contributed by atoms with Gasteiger partial charge in [0.05, 0.1) is 6.07 Å². The van der Waals surface area contributed by atoms with E-state index in [4.69, 9.17) is 0 Å². The summed E-state index contributed by atoms with van der Waals surface area (Å²) >= 11 is 0. The summed E-state index contributed by atoms with van der Waals surface area (Å²) in [5, 5.41) is 0. The van der Waals surface area contributed by atoms with E-state index in [0.29, 0.717) is 0 Å². The van der Waals surface area contributed by atoms with Gasteiger partial charge in [-0.25, -0.2) is 8.78 Å². The topological polar surface area (TPSA) is 0 Å². The normalized spacial score (nSPS) is 7.40. The number of hydrogen-bond donors (Lipinski definition) is 0. The summed E-state index contributed by atoms with van der Waals surface area (Å²) in [5.74, 6) is -1.32. The summed E-state index contributed by atoms with van der Waals surface area (Å²) in [5.41, 5.74) is 0. The first-order chi connectivity index (χ1) is 3.79. The van der Waals surface area contributed by atoms with E-state index >= 15 is 0 Å². The van der Waals surface area contributed by atoms with Gasteiger partial charge in [0.2, 0.25) is 0 Å². The summed E-state index contributed by atoms with van der Waals surface area (Å²) in [6, 6.07) is 5.41. The van der Waals surface area contributed by atoms with E-state index in [1.165, 1.54) is 6.07 Å². The zero-order chi connectivity index (χ0) is 5.98. The molecule has 51 valence electrons. The van der Waals surface area contributed by atoms with E-state index < -0.39 is 11.6 Å². The van der Waals surface area contributed by atoms with Crippen molar-refractivity contribution in [1.29, 1.82) is 0 Å². The molecule has 10 heavy (non-hydrogen) atoms. The molecule has 1 radical (unpaired) electrons. The molecule has 0 unspecified atom stereocenters. The largest absolute Gasteiger partial charge is 1.00 e. The third-order valence-corrected chi connectivity index (χ3v) is 0.724. The first kappa shape index (κ1) is 12.8. The van der Waals surface area contributed by atoms with Gasteiger partial charge in [-0.15, -0.1) is 0 Å². The van der Waals surface area contributed by atoms with Crippen LogP contribution < -0.4 is 17.0 Å². The number of rotatable bonds is 0. The SMILES string of the molecule is Fc1[c]c(F)ccc1.[Br-].[Zn]. The second kappa shape index (κ2) is 5.93. The van der Waals surface area contributed by atoms with Gasteiger partial charge in [-0.05, 0) is 12.1 Å².